The van der Waals surface area contributed by atoms with Crippen LogP contribution in [0.25, 0.3) is 16.9 Å². The number of halogens is 1. The minimum atomic E-state index is -0.763. The van der Waals surface area contributed by atoms with Gasteiger partial charge < -0.3 is 10.1 Å². The lowest BCUT2D eigenvalue weighted by atomic mass is 10.1. The summed E-state index contributed by atoms with van der Waals surface area (Å²) in [5, 5.41) is 15.5. The number of fused-ring (bicyclic) bond motifs is 3. The molecule has 0 aliphatic carbocycles. The average molecular weight is 497 g/mol. The van der Waals surface area contributed by atoms with E-state index in [0.29, 0.717) is 28.0 Å². The van der Waals surface area contributed by atoms with E-state index >= 15 is 0 Å². The third-order valence-corrected chi connectivity index (χ3v) is 6.00. The molecule has 2 aromatic carbocycles. The molecule has 8 nitrogen and oxygen atoms in total. The Labute approximate surface area is 190 Å². The molecule has 2 N–H and O–H groups in total. The van der Waals surface area contributed by atoms with Crippen molar-refractivity contribution >= 4 is 33.4 Å². The second-order valence-electron chi connectivity index (χ2n) is 6.91. The minimum Gasteiger partial charge on any atom is -0.447 e. The fourth-order valence-electron chi connectivity index (χ4n) is 3.51. The normalized spacial score (nSPS) is 14.7. The van der Waals surface area contributed by atoms with Crippen LogP contribution in [-0.2, 0) is 0 Å². The van der Waals surface area contributed by atoms with Gasteiger partial charge in [-0.3, -0.25) is 9.89 Å². The standard InChI is InChI=1S/C21H17BrN6O2S/c1-11-16(20(29)28(27-11)13-6-4-3-5-7-13)18-23-15-9-8-12(22)10-14(15)17-19(30-18)24-21(31-2)26-25-17/h3-10,18,23,27H,1-2H3/t18-/m0/s1. The van der Waals surface area contributed by atoms with Gasteiger partial charge in [0, 0.05) is 21.4 Å². The number of hydrogen-bond acceptors (Lipinski definition) is 7. The van der Waals surface area contributed by atoms with Gasteiger partial charge in [0.15, 0.2) is 5.69 Å². The number of aromatic amines is 1. The summed E-state index contributed by atoms with van der Waals surface area (Å²) in [6, 6.07) is 15.2. The molecule has 5 rings (SSSR count). The van der Waals surface area contributed by atoms with Crippen molar-refractivity contribution in [3.8, 4) is 22.8 Å². The summed E-state index contributed by atoms with van der Waals surface area (Å²) in [4.78, 5) is 17.9. The molecule has 0 saturated heterocycles. The van der Waals surface area contributed by atoms with E-state index in [1.165, 1.54) is 16.4 Å². The van der Waals surface area contributed by atoms with Crippen molar-refractivity contribution in [3.63, 3.8) is 0 Å². The van der Waals surface area contributed by atoms with Crippen LogP contribution >= 0.6 is 27.7 Å². The smallest absolute Gasteiger partial charge is 0.280 e. The number of benzene rings is 2. The first-order valence-electron chi connectivity index (χ1n) is 9.44. The summed E-state index contributed by atoms with van der Waals surface area (Å²) < 4.78 is 8.63. The minimum absolute atomic E-state index is 0.199. The maximum atomic E-state index is 13.4. The summed E-state index contributed by atoms with van der Waals surface area (Å²) in [6.07, 6.45) is 1.11. The van der Waals surface area contributed by atoms with Gasteiger partial charge in [0.2, 0.25) is 17.3 Å². The molecule has 2 aromatic heterocycles. The highest BCUT2D eigenvalue weighted by Gasteiger charge is 2.30. The van der Waals surface area contributed by atoms with Gasteiger partial charge in [-0.1, -0.05) is 45.9 Å². The quantitative estimate of drug-likeness (QED) is 0.407. The molecule has 1 aliphatic heterocycles. The SMILES string of the molecule is CSc1nnc2c(n1)O[C@@H](c1c(C)[nH]n(-c3ccccc3)c1=O)Nc1ccc(Br)cc1-2. The van der Waals surface area contributed by atoms with E-state index < -0.39 is 6.23 Å². The Morgan fingerprint density at radius 2 is 1.97 bits per heavy atom. The van der Waals surface area contributed by atoms with Crippen molar-refractivity contribution in [3.05, 3.63) is 74.6 Å². The summed E-state index contributed by atoms with van der Waals surface area (Å²) in [5.41, 5.74) is 3.78. The Hall–Kier alpha value is -3.11. The zero-order chi connectivity index (χ0) is 21.5. The molecule has 0 unspecified atom stereocenters. The Kier molecular flexibility index (Phi) is 5.03. The van der Waals surface area contributed by atoms with Crippen molar-refractivity contribution in [1.29, 1.82) is 0 Å². The molecule has 0 spiro atoms. The number of rotatable bonds is 3. The number of thioether (sulfide) groups is 1. The van der Waals surface area contributed by atoms with Gasteiger partial charge in [0.1, 0.15) is 5.56 Å². The Morgan fingerprint density at radius 3 is 2.74 bits per heavy atom. The first-order valence-corrected chi connectivity index (χ1v) is 11.5. The predicted molar refractivity (Wildman–Crippen MR) is 123 cm³/mol. The molecule has 0 fully saturated rings. The van der Waals surface area contributed by atoms with Gasteiger partial charge >= 0.3 is 0 Å². The van der Waals surface area contributed by atoms with Gasteiger partial charge in [-0.15, -0.1) is 10.2 Å². The largest absolute Gasteiger partial charge is 0.447 e. The maximum absolute atomic E-state index is 13.4. The van der Waals surface area contributed by atoms with Crippen molar-refractivity contribution in [2.24, 2.45) is 0 Å². The van der Waals surface area contributed by atoms with Crippen LogP contribution in [-0.4, -0.2) is 31.2 Å². The van der Waals surface area contributed by atoms with Gasteiger partial charge in [-0.25, -0.2) is 4.68 Å². The van der Waals surface area contributed by atoms with E-state index in [-0.39, 0.29) is 5.56 Å². The number of para-hydroxylation sites is 1. The third-order valence-electron chi connectivity index (χ3n) is 4.96. The van der Waals surface area contributed by atoms with Crippen LogP contribution in [0.5, 0.6) is 5.88 Å². The number of ether oxygens (including phenoxy) is 1. The molecular weight excluding hydrogens is 480 g/mol. The lowest BCUT2D eigenvalue weighted by molar-refractivity contribution is 0.223. The van der Waals surface area contributed by atoms with Crippen molar-refractivity contribution in [1.82, 2.24) is 25.0 Å². The van der Waals surface area contributed by atoms with Crippen LogP contribution in [0.3, 0.4) is 0 Å². The Balaban J connectivity index is 1.67. The molecule has 0 saturated carbocycles. The van der Waals surface area contributed by atoms with E-state index in [9.17, 15) is 4.79 Å². The molecule has 0 amide bonds. The number of aromatic nitrogens is 5. The molecule has 31 heavy (non-hydrogen) atoms. The second-order valence-corrected chi connectivity index (χ2v) is 8.60. The first kappa shape index (κ1) is 19.8. The zero-order valence-electron chi connectivity index (χ0n) is 16.6. The zero-order valence-corrected chi connectivity index (χ0v) is 19.0. The molecular formula is C21H17BrN6O2S. The van der Waals surface area contributed by atoms with Gasteiger partial charge in [-0.05, 0) is 43.5 Å². The van der Waals surface area contributed by atoms with Gasteiger partial charge in [0.05, 0.1) is 5.69 Å². The van der Waals surface area contributed by atoms with Crippen molar-refractivity contribution in [2.75, 3.05) is 11.6 Å². The first-order chi connectivity index (χ1) is 15.0. The topological polar surface area (TPSA) is 97.7 Å². The fourth-order valence-corrected chi connectivity index (χ4v) is 4.17. The van der Waals surface area contributed by atoms with E-state index in [4.69, 9.17) is 4.74 Å². The van der Waals surface area contributed by atoms with Gasteiger partial charge in [0.25, 0.3) is 5.56 Å². The lowest BCUT2D eigenvalue weighted by Crippen LogP contribution is -2.26. The van der Waals surface area contributed by atoms with Crippen LogP contribution in [0.4, 0.5) is 5.69 Å². The fraction of sp³-hybridized carbons (Fsp3) is 0.143. The predicted octanol–water partition coefficient (Wildman–Crippen LogP) is 4.31. The maximum Gasteiger partial charge on any atom is 0.280 e. The summed E-state index contributed by atoms with van der Waals surface area (Å²) in [6.45, 7) is 1.85. The summed E-state index contributed by atoms with van der Waals surface area (Å²) in [5.74, 6) is 0.319. The number of nitrogens with one attached hydrogen (secondary N) is 2. The molecule has 156 valence electrons. The van der Waals surface area contributed by atoms with Crippen molar-refractivity contribution < 1.29 is 4.74 Å². The van der Waals surface area contributed by atoms with Crippen LogP contribution < -0.4 is 15.6 Å². The van der Waals surface area contributed by atoms with E-state index in [1.807, 2.05) is 61.7 Å². The average Bonchev–Trinajstić information content (AvgIpc) is 2.99. The highest BCUT2D eigenvalue weighted by atomic mass is 79.9. The Bertz CT molecular complexity index is 1340. The van der Waals surface area contributed by atoms with Crippen LogP contribution in [0, 0.1) is 6.92 Å². The third kappa shape index (κ3) is 3.51. The van der Waals surface area contributed by atoms with Crippen LogP contribution in [0.15, 0.2) is 63.0 Å². The molecule has 10 heteroatoms. The number of nitrogens with zero attached hydrogens (tertiary/aromatic N) is 4. The second kappa shape index (κ2) is 7.86. The Morgan fingerprint density at radius 1 is 1.16 bits per heavy atom. The van der Waals surface area contributed by atoms with Crippen molar-refractivity contribution in [2.45, 2.75) is 18.3 Å². The van der Waals surface area contributed by atoms with Crippen LogP contribution in [0.2, 0.25) is 0 Å². The number of H-pyrrole nitrogens is 1. The lowest BCUT2D eigenvalue weighted by Gasteiger charge is -2.18. The number of anilines is 1. The van der Waals surface area contributed by atoms with E-state index in [0.717, 1.165) is 21.4 Å². The molecule has 0 bridgehead atoms. The molecule has 1 atom stereocenters. The monoisotopic (exact) mass is 496 g/mol. The van der Waals surface area contributed by atoms with Crippen LogP contribution in [0.1, 0.15) is 17.5 Å². The molecule has 0 radical (unpaired) electrons. The highest BCUT2D eigenvalue weighted by molar-refractivity contribution is 9.10. The molecule has 1 aliphatic rings. The van der Waals surface area contributed by atoms with Gasteiger partial charge in [-0.2, -0.15) is 4.98 Å². The van der Waals surface area contributed by atoms with E-state index in [2.05, 4.69) is 41.5 Å². The summed E-state index contributed by atoms with van der Waals surface area (Å²) >= 11 is 4.88. The molecule has 4 aromatic rings. The number of aryl methyl sites for hydroxylation is 1. The summed E-state index contributed by atoms with van der Waals surface area (Å²) in [7, 11) is 0. The van der Waals surface area contributed by atoms with E-state index in [1.54, 1.807) is 0 Å². The number of hydrogen-bond donors (Lipinski definition) is 2. The highest BCUT2D eigenvalue weighted by Crippen LogP contribution is 2.40. The molecule has 3 heterocycles.